The highest BCUT2D eigenvalue weighted by molar-refractivity contribution is 8.10. The van der Waals surface area contributed by atoms with Crippen LogP contribution in [-0.4, -0.2) is 30.8 Å². The molecule has 2 heterocycles. The van der Waals surface area contributed by atoms with Gasteiger partial charge in [0.05, 0.1) is 11.3 Å². The van der Waals surface area contributed by atoms with Gasteiger partial charge in [-0.3, -0.25) is 9.59 Å². The lowest BCUT2D eigenvalue weighted by molar-refractivity contribution is -0.119. The fourth-order valence-corrected chi connectivity index (χ4v) is 3.20. The SMILES string of the molecule is CN(C)C(=O)c1ccc2c(c1)=NC(=O)C1C=CSC=21. The number of amides is 2. The standard InChI is InChI=1S/C14H12N2O2S/c1-16(2)14(18)8-3-4-9-11(7-8)15-13(17)10-5-6-19-12(9)10/h3-7,10H,1-2H3. The van der Waals surface area contributed by atoms with Gasteiger partial charge in [-0.15, -0.1) is 11.8 Å². The first-order valence-corrected chi connectivity index (χ1v) is 6.78. The molecular weight excluding hydrogens is 260 g/mol. The molecule has 0 bridgehead atoms. The van der Waals surface area contributed by atoms with Gasteiger partial charge in [-0.05, 0) is 17.5 Å². The third kappa shape index (κ3) is 1.90. The van der Waals surface area contributed by atoms with E-state index in [1.807, 2.05) is 17.6 Å². The van der Waals surface area contributed by atoms with E-state index in [2.05, 4.69) is 4.99 Å². The Morgan fingerprint density at radius 2 is 2.16 bits per heavy atom. The van der Waals surface area contributed by atoms with Gasteiger partial charge in [0, 0.05) is 29.8 Å². The Bertz CT molecular complexity index is 734. The van der Waals surface area contributed by atoms with Crippen LogP contribution in [0.2, 0.25) is 0 Å². The fraction of sp³-hybridized carbons (Fsp3) is 0.214. The third-order valence-corrected chi connectivity index (χ3v) is 4.18. The van der Waals surface area contributed by atoms with Crippen molar-refractivity contribution in [3.05, 3.63) is 45.8 Å². The van der Waals surface area contributed by atoms with E-state index in [-0.39, 0.29) is 17.7 Å². The lowest BCUT2D eigenvalue weighted by atomic mass is 10.0. The summed E-state index contributed by atoms with van der Waals surface area (Å²) in [5, 5.41) is 3.47. The molecule has 0 fully saturated rings. The summed E-state index contributed by atoms with van der Waals surface area (Å²) < 4.78 is 0. The van der Waals surface area contributed by atoms with Gasteiger partial charge < -0.3 is 4.90 Å². The van der Waals surface area contributed by atoms with E-state index in [4.69, 9.17) is 0 Å². The molecule has 2 aliphatic heterocycles. The Hall–Kier alpha value is -1.88. The minimum Gasteiger partial charge on any atom is -0.345 e. The number of carbonyl (C=O) groups excluding carboxylic acids is 2. The average molecular weight is 272 g/mol. The van der Waals surface area contributed by atoms with Crippen molar-refractivity contribution in [1.29, 1.82) is 0 Å². The molecule has 1 aromatic carbocycles. The van der Waals surface area contributed by atoms with E-state index >= 15 is 0 Å². The van der Waals surface area contributed by atoms with E-state index in [0.717, 1.165) is 10.1 Å². The van der Waals surface area contributed by atoms with Gasteiger partial charge in [0.25, 0.3) is 11.8 Å². The summed E-state index contributed by atoms with van der Waals surface area (Å²) in [4.78, 5) is 30.4. The summed E-state index contributed by atoms with van der Waals surface area (Å²) in [5.41, 5.74) is 0.551. The van der Waals surface area contributed by atoms with E-state index < -0.39 is 0 Å². The van der Waals surface area contributed by atoms with Crippen molar-refractivity contribution in [2.24, 2.45) is 10.9 Å². The summed E-state index contributed by atoms with van der Waals surface area (Å²) in [7, 11) is 3.40. The first kappa shape index (κ1) is 12.2. The Labute approximate surface area is 114 Å². The highest BCUT2D eigenvalue weighted by Gasteiger charge is 2.27. The minimum atomic E-state index is -0.229. The molecule has 4 nitrogen and oxygen atoms in total. The summed E-state index contributed by atoms with van der Waals surface area (Å²) in [6.45, 7) is 0. The Balaban J connectivity index is 2.21. The highest BCUT2D eigenvalue weighted by atomic mass is 32.2. The Kier molecular flexibility index (Phi) is 2.78. The van der Waals surface area contributed by atoms with Gasteiger partial charge in [0.2, 0.25) is 0 Å². The number of fused-ring (bicyclic) bond motifs is 2. The van der Waals surface area contributed by atoms with Gasteiger partial charge in [0.15, 0.2) is 0 Å². The van der Waals surface area contributed by atoms with Crippen molar-refractivity contribution in [3.8, 4) is 0 Å². The molecule has 0 saturated carbocycles. The Morgan fingerprint density at radius 1 is 1.37 bits per heavy atom. The summed E-state index contributed by atoms with van der Waals surface area (Å²) in [5.74, 6) is -0.471. The van der Waals surface area contributed by atoms with Gasteiger partial charge in [-0.2, -0.15) is 0 Å². The van der Waals surface area contributed by atoms with Crippen molar-refractivity contribution < 1.29 is 9.59 Å². The molecule has 19 heavy (non-hydrogen) atoms. The molecule has 3 rings (SSSR count). The molecule has 0 saturated heterocycles. The predicted molar refractivity (Wildman–Crippen MR) is 73.9 cm³/mol. The van der Waals surface area contributed by atoms with E-state index in [1.165, 1.54) is 4.90 Å². The largest absolute Gasteiger partial charge is 0.345 e. The zero-order valence-electron chi connectivity index (χ0n) is 10.6. The molecule has 0 aliphatic carbocycles. The summed E-state index contributed by atoms with van der Waals surface area (Å²) in [6, 6.07) is 5.36. The molecule has 0 radical (unpaired) electrons. The Morgan fingerprint density at radius 3 is 2.89 bits per heavy atom. The maximum atomic E-state index is 11.9. The minimum absolute atomic E-state index is 0.0882. The van der Waals surface area contributed by atoms with E-state index in [9.17, 15) is 9.59 Å². The monoisotopic (exact) mass is 272 g/mol. The van der Waals surface area contributed by atoms with Crippen LogP contribution in [-0.2, 0) is 4.79 Å². The third-order valence-electron chi connectivity index (χ3n) is 3.16. The molecular formula is C14H12N2O2S. The van der Waals surface area contributed by atoms with Crippen LogP contribution in [0.1, 0.15) is 10.4 Å². The predicted octanol–water partition coefficient (Wildman–Crippen LogP) is 0.533. The van der Waals surface area contributed by atoms with Crippen LogP contribution in [0.3, 0.4) is 0 Å². The summed E-state index contributed by atoms with van der Waals surface area (Å²) in [6.07, 6.45) is 1.87. The average Bonchev–Trinajstić information content (AvgIpc) is 2.87. The molecule has 96 valence electrons. The summed E-state index contributed by atoms with van der Waals surface area (Å²) >= 11 is 1.55. The number of benzene rings is 1. The highest BCUT2D eigenvalue weighted by Crippen LogP contribution is 2.35. The lowest BCUT2D eigenvalue weighted by Crippen LogP contribution is -2.36. The maximum absolute atomic E-state index is 11.9. The van der Waals surface area contributed by atoms with Crippen molar-refractivity contribution >= 4 is 28.5 Å². The van der Waals surface area contributed by atoms with Crippen LogP contribution < -0.4 is 10.6 Å². The van der Waals surface area contributed by atoms with Crippen molar-refractivity contribution in [3.63, 3.8) is 0 Å². The molecule has 1 aromatic rings. The first-order valence-electron chi connectivity index (χ1n) is 5.90. The molecule has 1 unspecified atom stereocenters. The topological polar surface area (TPSA) is 49.7 Å². The number of nitrogens with zero attached hydrogens (tertiary/aromatic N) is 2. The molecule has 0 spiro atoms. The fourth-order valence-electron chi connectivity index (χ4n) is 2.19. The maximum Gasteiger partial charge on any atom is 0.258 e. The zero-order chi connectivity index (χ0) is 13.6. The van der Waals surface area contributed by atoms with Gasteiger partial charge in [0.1, 0.15) is 0 Å². The number of carbonyl (C=O) groups is 2. The van der Waals surface area contributed by atoms with Crippen LogP contribution in [0.4, 0.5) is 0 Å². The number of hydrogen-bond acceptors (Lipinski definition) is 3. The molecule has 1 atom stereocenters. The molecule has 0 N–H and O–H groups in total. The molecule has 0 aromatic heterocycles. The van der Waals surface area contributed by atoms with Crippen LogP contribution in [0, 0.1) is 5.92 Å². The van der Waals surface area contributed by atoms with Gasteiger partial charge >= 0.3 is 0 Å². The van der Waals surface area contributed by atoms with Crippen molar-refractivity contribution in [2.45, 2.75) is 0 Å². The van der Waals surface area contributed by atoms with E-state index in [0.29, 0.717) is 10.9 Å². The number of hydrogen-bond donors (Lipinski definition) is 0. The number of rotatable bonds is 1. The van der Waals surface area contributed by atoms with Crippen LogP contribution in [0.15, 0.2) is 34.7 Å². The van der Waals surface area contributed by atoms with Crippen LogP contribution >= 0.6 is 11.8 Å². The smallest absolute Gasteiger partial charge is 0.258 e. The number of thioether (sulfide) groups is 1. The van der Waals surface area contributed by atoms with Crippen molar-refractivity contribution in [1.82, 2.24) is 4.90 Å². The quantitative estimate of drug-likeness (QED) is 0.749. The zero-order valence-corrected chi connectivity index (χ0v) is 11.4. The van der Waals surface area contributed by atoms with Crippen LogP contribution in [0.25, 0.3) is 4.91 Å². The van der Waals surface area contributed by atoms with E-state index in [1.54, 1.807) is 38.0 Å². The van der Waals surface area contributed by atoms with Crippen molar-refractivity contribution in [2.75, 3.05) is 14.1 Å². The molecule has 5 heteroatoms. The van der Waals surface area contributed by atoms with Crippen LogP contribution in [0.5, 0.6) is 0 Å². The lowest BCUT2D eigenvalue weighted by Gasteiger charge is -2.13. The second-order valence-corrected chi connectivity index (χ2v) is 5.62. The second-order valence-electron chi connectivity index (χ2n) is 4.67. The first-order chi connectivity index (χ1) is 9.08. The second kappa shape index (κ2) is 4.35. The normalized spacial score (nSPS) is 19.8. The molecule has 2 aliphatic rings. The van der Waals surface area contributed by atoms with Gasteiger partial charge in [-0.25, -0.2) is 4.99 Å². The molecule has 2 amide bonds. The van der Waals surface area contributed by atoms with Gasteiger partial charge in [-0.1, -0.05) is 12.1 Å².